The van der Waals surface area contributed by atoms with E-state index in [2.05, 4.69) is 15.4 Å². The standard InChI is InChI=1S/C15H22FN3O3S.ClH/c16-13-3-5-14(6-4-13)23(21,22)19-9-7-15(20)18-11-12-2-1-8-17-10-12;/h3-6,12,17,19H,1-2,7-11H2,(H,18,20);1H. The van der Waals surface area contributed by atoms with Crippen LogP contribution in [0.4, 0.5) is 4.39 Å². The van der Waals surface area contributed by atoms with Crippen LogP contribution in [0, 0.1) is 11.7 Å². The van der Waals surface area contributed by atoms with Crippen LogP contribution >= 0.6 is 12.4 Å². The number of halogens is 2. The van der Waals surface area contributed by atoms with Gasteiger partial charge in [0.2, 0.25) is 15.9 Å². The first-order valence-corrected chi connectivity index (χ1v) is 9.18. The van der Waals surface area contributed by atoms with Gasteiger partial charge in [0.1, 0.15) is 5.82 Å². The molecule has 1 fully saturated rings. The van der Waals surface area contributed by atoms with Crippen LogP contribution in [0.3, 0.4) is 0 Å². The summed E-state index contributed by atoms with van der Waals surface area (Å²) in [5, 5.41) is 6.10. The second-order valence-electron chi connectivity index (χ2n) is 5.62. The lowest BCUT2D eigenvalue weighted by atomic mass is 10.00. The molecule has 3 N–H and O–H groups in total. The van der Waals surface area contributed by atoms with E-state index in [9.17, 15) is 17.6 Å². The van der Waals surface area contributed by atoms with E-state index in [0.29, 0.717) is 12.5 Å². The Morgan fingerprint density at radius 2 is 2.00 bits per heavy atom. The highest BCUT2D eigenvalue weighted by atomic mass is 35.5. The van der Waals surface area contributed by atoms with Crippen LogP contribution in [0.5, 0.6) is 0 Å². The van der Waals surface area contributed by atoms with Crippen LogP contribution < -0.4 is 15.4 Å². The molecule has 1 saturated heterocycles. The molecule has 2 rings (SSSR count). The lowest BCUT2D eigenvalue weighted by molar-refractivity contribution is -0.121. The van der Waals surface area contributed by atoms with E-state index < -0.39 is 15.8 Å². The first-order valence-electron chi connectivity index (χ1n) is 7.70. The molecule has 1 atom stereocenters. The van der Waals surface area contributed by atoms with E-state index in [1.807, 2.05) is 0 Å². The molecule has 0 bridgehead atoms. The molecule has 6 nitrogen and oxygen atoms in total. The number of amides is 1. The normalized spacial score (nSPS) is 17.8. The molecular weight excluding hydrogens is 357 g/mol. The number of sulfonamides is 1. The molecule has 0 aromatic heterocycles. The molecule has 1 aromatic carbocycles. The zero-order valence-corrected chi connectivity index (χ0v) is 14.9. The van der Waals surface area contributed by atoms with Crippen molar-refractivity contribution in [1.82, 2.24) is 15.4 Å². The number of hydrogen-bond acceptors (Lipinski definition) is 4. The van der Waals surface area contributed by atoms with Crippen molar-refractivity contribution in [2.24, 2.45) is 5.92 Å². The number of rotatable bonds is 7. The van der Waals surface area contributed by atoms with Crippen LogP contribution in [0.25, 0.3) is 0 Å². The van der Waals surface area contributed by atoms with Gasteiger partial charge in [0.25, 0.3) is 0 Å². The van der Waals surface area contributed by atoms with Crippen molar-refractivity contribution in [3.05, 3.63) is 30.1 Å². The van der Waals surface area contributed by atoms with Crippen molar-refractivity contribution in [2.75, 3.05) is 26.2 Å². The topological polar surface area (TPSA) is 87.3 Å². The maximum absolute atomic E-state index is 12.8. The monoisotopic (exact) mass is 379 g/mol. The van der Waals surface area contributed by atoms with E-state index in [0.717, 1.165) is 38.1 Å². The minimum Gasteiger partial charge on any atom is -0.356 e. The van der Waals surface area contributed by atoms with Crippen LogP contribution in [0.1, 0.15) is 19.3 Å². The Labute approximate surface area is 148 Å². The number of nitrogens with one attached hydrogen (secondary N) is 3. The van der Waals surface area contributed by atoms with Crippen molar-refractivity contribution in [2.45, 2.75) is 24.2 Å². The molecule has 0 radical (unpaired) electrons. The summed E-state index contributed by atoms with van der Waals surface area (Å²) in [6.07, 6.45) is 2.27. The summed E-state index contributed by atoms with van der Waals surface area (Å²) in [5.74, 6) is -0.249. The number of piperidine rings is 1. The minimum atomic E-state index is -3.71. The molecule has 1 aromatic rings. The van der Waals surface area contributed by atoms with Gasteiger partial charge in [-0.15, -0.1) is 12.4 Å². The van der Waals surface area contributed by atoms with E-state index in [-0.39, 0.29) is 36.2 Å². The summed E-state index contributed by atoms with van der Waals surface area (Å²) in [6.45, 7) is 2.54. The molecule has 0 saturated carbocycles. The van der Waals surface area contributed by atoms with Crippen molar-refractivity contribution in [3.8, 4) is 0 Å². The zero-order valence-electron chi connectivity index (χ0n) is 13.3. The van der Waals surface area contributed by atoms with Crippen molar-refractivity contribution < 1.29 is 17.6 Å². The largest absolute Gasteiger partial charge is 0.356 e. The molecule has 1 aliphatic rings. The third-order valence-electron chi connectivity index (χ3n) is 3.75. The second-order valence-corrected chi connectivity index (χ2v) is 7.39. The fraction of sp³-hybridized carbons (Fsp3) is 0.533. The highest BCUT2D eigenvalue weighted by Crippen LogP contribution is 2.10. The summed E-state index contributed by atoms with van der Waals surface area (Å²) in [5.41, 5.74) is 0. The smallest absolute Gasteiger partial charge is 0.240 e. The lowest BCUT2D eigenvalue weighted by Crippen LogP contribution is -2.39. The van der Waals surface area contributed by atoms with Gasteiger partial charge in [-0.1, -0.05) is 0 Å². The van der Waals surface area contributed by atoms with Gasteiger partial charge in [-0.05, 0) is 56.1 Å². The average molecular weight is 380 g/mol. The highest BCUT2D eigenvalue weighted by molar-refractivity contribution is 7.89. The Kier molecular flexibility index (Phi) is 8.61. The van der Waals surface area contributed by atoms with Crippen LogP contribution in [-0.2, 0) is 14.8 Å². The minimum absolute atomic E-state index is 0. The predicted molar refractivity (Wildman–Crippen MR) is 92.1 cm³/mol. The maximum atomic E-state index is 12.8. The van der Waals surface area contributed by atoms with Crippen molar-refractivity contribution in [1.29, 1.82) is 0 Å². The molecule has 0 spiro atoms. The summed E-state index contributed by atoms with van der Waals surface area (Å²) in [6, 6.07) is 4.54. The average Bonchev–Trinajstić information content (AvgIpc) is 2.54. The molecule has 1 heterocycles. The molecule has 9 heteroatoms. The second kappa shape index (κ2) is 9.93. The Bertz CT molecular complexity index is 619. The first-order chi connectivity index (χ1) is 11.0. The fourth-order valence-electron chi connectivity index (χ4n) is 2.44. The van der Waals surface area contributed by atoms with Gasteiger partial charge in [0, 0.05) is 19.5 Å². The predicted octanol–water partition coefficient (Wildman–Crippen LogP) is 1.03. The van der Waals surface area contributed by atoms with Crippen LogP contribution in [0.15, 0.2) is 29.2 Å². The SMILES string of the molecule is Cl.O=C(CCNS(=O)(=O)c1ccc(F)cc1)NCC1CCCNC1. The van der Waals surface area contributed by atoms with Gasteiger partial charge >= 0.3 is 0 Å². The Balaban J connectivity index is 0.00000288. The Morgan fingerprint density at radius 3 is 2.62 bits per heavy atom. The van der Waals surface area contributed by atoms with Crippen molar-refractivity contribution in [3.63, 3.8) is 0 Å². The van der Waals surface area contributed by atoms with Crippen molar-refractivity contribution >= 4 is 28.3 Å². The fourth-order valence-corrected chi connectivity index (χ4v) is 3.47. The molecule has 24 heavy (non-hydrogen) atoms. The van der Waals surface area contributed by atoms with E-state index >= 15 is 0 Å². The van der Waals surface area contributed by atoms with Crippen LogP contribution in [-0.4, -0.2) is 40.5 Å². The Hall–Kier alpha value is -1.22. The molecule has 0 aliphatic carbocycles. The van der Waals surface area contributed by atoms with Gasteiger partial charge in [-0.25, -0.2) is 17.5 Å². The third-order valence-corrected chi connectivity index (χ3v) is 5.23. The van der Waals surface area contributed by atoms with Gasteiger partial charge in [-0.2, -0.15) is 0 Å². The van der Waals surface area contributed by atoms with Gasteiger partial charge in [0.15, 0.2) is 0 Å². The molecule has 1 aliphatic heterocycles. The number of hydrogen-bond donors (Lipinski definition) is 3. The molecule has 136 valence electrons. The summed E-state index contributed by atoms with van der Waals surface area (Å²) in [4.78, 5) is 11.7. The van der Waals surface area contributed by atoms with E-state index in [4.69, 9.17) is 0 Å². The number of carbonyl (C=O) groups is 1. The third kappa shape index (κ3) is 6.72. The Morgan fingerprint density at radius 1 is 1.29 bits per heavy atom. The zero-order chi connectivity index (χ0) is 16.7. The molecule has 1 unspecified atom stereocenters. The van der Waals surface area contributed by atoms with E-state index in [1.165, 1.54) is 12.1 Å². The van der Waals surface area contributed by atoms with Gasteiger partial charge in [-0.3, -0.25) is 4.79 Å². The van der Waals surface area contributed by atoms with Gasteiger partial charge < -0.3 is 10.6 Å². The number of benzene rings is 1. The summed E-state index contributed by atoms with van der Waals surface area (Å²) in [7, 11) is -3.71. The summed E-state index contributed by atoms with van der Waals surface area (Å²) < 4.78 is 39.1. The van der Waals surface area contributed by atoms with Crippen LogP contribution in [0.2, 0.25) is 0 Å². The molecule has 1 amide bonds. The molecular formula is C15H23ClFN3O3S. The quantitative estimate of drug-likeness (QED) is 0.660. The number of carbonyl (C=O) groups excluding carboxylic acids is 1. The van der Waals surface area contributed by atoms with E-state index in [1.54, 1.807) is 0 Å². The maximum Gasteiger partial charge on any atom is 0.240 e. The highest BCUT2D eigenvalue weighted by Gasteiger charge is 2.16. The van der Waals surface area contributed by atoms with Gasteiger partial charge in [0.05, 0.1) is 4.90 Å². The lowest BCUT2D eigenvalue weighted by Gasteiger charge is -2.22. The summed E-state index contributed by atoms with van der Waals surface area (Å²) >= 11 is 0. The first kappa shape index (κ1) is 20.8.